The quantitative estimate of drug-likeness (QED) is 0.322. The number of nitrogens with two attached hydrogens (primary N) is 2. The highest BCUT2D eigenvalue weighted by Crippen LogP contribution is 2.43. The van der Waals surface area contributed by atoms with Crippen molar-refractivity contribution in [3.8, 4) is 11.8 Å². The van der Waals surface area contributed by atoms with Crippen molar-refractivity contribution in [1.82, 2.24) is 9.97 Å². The maximum atomic E-state index is 5.97. The molecule has 5 rings (SSSR count). The fourth-order valence-electron chi connectivity index (χ4n) is 4.68. The Balaban J connectivity index is 0.000000209. The Labute approximate surface area is 309 Å². The molecule has 3 saturated heterocycles. The van der Waals surface area contributed by atoms with Gasteiger partial charge in [0.2, 0.25) is 11.8 Å². The van der Waals surface area contributed by atoms with Gasteiger partial charge in [0.15, 0.2) is 0 Å². The molecule has 3 aliphatic heterocycles. The van der Waals surface area contributed by atoms with E-state index in [2.05, 4.69) is 25.9 Å². The number of halogens is 1. The molecule has 16 heteroatoms. The van der Waals surface area contributed by atoms with Crippen LogP contribution in [0.5, 0.6) is 11.8 Å². The van der Waals surface area contributed by atoms with Crippen LogP contribution in [-0.4, -0.2) is 76.9 Å². The van der Waals surface area contributed by atoms with Gasteiger partial charge in [-0.05, 0) is 139 Å². The second kappa shape index (κ2) is 15.1. The van der Waals surface area contributed by atoms with E-state index in [0.717, 1.165) is 9.94 Å². The lowest BCUT2D eigenvalue weighted by atomic mass is 9.49. The molecular formula is C34H58B3BrN4O8. The molecule has 3 fully saturated rings. The number of nitrogen functional groups attached to an aromatic ring is 2. The van der Waals surface area contributed by atoms with Crippen LogP contribution in [0.2, 0.25) is 0 Å². The summed E-state index contributed by atoms with van der Waals surface area (Å²) in [7, 11) is -1.41. The summed E-state index contributed by atoms with van der Waals surface area (Å²) >= 11 is 3.26. The number of hydrogen-bond donors (Lipinski definition) is 2. The van der Waals surface area contributed by atoms with Crippen molar-refractivity contribution < 1.29 is 37.4 Å². The highest BCUT2D eigenvalue weighted by Gasteiger charge is 2.63. The monoisotopic (exact) mass is 762 g/mol. The van der Waals surface area contributed by atoms with Gasteiger partial charge in [0.25, 0.3) is 0 Å². The molecule has 50 heavy (non-hydrogen) atoms. The normalized spacial score (nSPS) is 22.2. The largest absolute Gasteiger partial charge is 0.496 e. The molecule has 0 aliphatic carbocycles. The lowest BCUT2D eigenvalue weighted by Crippen LogP contribution is -2.41. The topological polar surface area (TPSA) is 152 Å². The Kier molecular flexibility index (Phi) is 12.8. The van der Waals surface area contributed by atoms with Gasteiger partial charge in [-0.15, -0.1) is 0 Å². The van der Waals surface area contributed by atoms with Gasteiger partial charge >= 0.3 is 21.1 Å². The Morgan fingerprint density at radius 2 is 0.880 bits per heavy atom. The third-order valence-electron chi connectivity index (χ3n) is 9.73. The van der Waals surface area contributed by atoms with E-state index in [0.29, 0.717) is 23.1 Å². The molecule has 0 aromatic carbocycles. The van der Waals surface area contributed by atoms with Gasteiger partial charge < -0.3 is 48.9 Å². The summed E-state index contributed by atoms with van der Waals surface area (Å²) in [4.78, 5) is 8.28. The average Bonchev–Trinajstić information content (AvgIpc) is 3.40. The predicted octanol–water partition coefficient (Wildman–Crippen LogP) is 6.21. The van der Waals surface area contributed by atoms with E-state index in [1.165, 1.54) is 0 Å². The molecule has 2 aromatic rings. The fourth-order valence-corrected chi connectivity index (χ4v) is 5.03. The molecule has 0 atom stereocenters. The zero-order valence-electron chi connectivity index (χ0n) is 32.9. The fraction of sp³-hybridized carbons (Fsp3) is 0.706. The summed E-state index contributed by atoms with van der Waals surface area (Å²) in [6.45, 7) is 32.0. The maximum Gasteiger partial charge on any atom is 0.496 e. The summed E-state index contributed by atoms with van der Waals surface area (Å²) in [5.41, 5.74) is 11.3. The van der Waals surface area contributed by atoms with Crippen LogP contribution in [0, 0.1) is 0 Å². The van der Waals surface area contributed by atoms with Crippen LogP contribution >= 0.6 is 15.9 Å². The van der Waals surface area contributed by atoms with E-state index in [4.69, 9.17) is 48.9 Å². The predicted molar refractivity (Wildman–Crippen MR) is 204 cm³/mol. The van der Waals surface area contributed by atoms with Gasteiger partial charge in [0.1, 0.15) is 0 Å². The number of pyridine rings is 2. The summed E-state index contributed by atoms with van der Waals surface area (Å²) in [6, 6.07) is 3.57. The van der Waals surface area contributed by atoms with E-state index >= 15 is 0 Å². The lowest BCUT2D eigenvalue weighted by molar-refractivity contribution is 0.00578. The minimum absolute atomic E-state index is 0.0347. The third kappa shape index (κ3) is 9.87. The van der Waals surface area contributed by atoms with Crippen LogP contribution in [-0.2, 0) is 27.9 Å². The van der Waals surface area contributed by atoms with Crippen molar-refractivity contribution in [2.75, 3.05) is 11.5 Å². The second-order valence-electron chi connectivity index (χ2n) is 16.4. The Morgan fingerprint density at radius 1 is 0.560 bits per heavy atom. The molecule has 0 amide bonds. The van der Waals surface area contributed by atoms with E-state index in [-0.39, 0.29) is 45.8 Å². The van der Waals surface area contributed by atoms with Crippen LogP contribution in [0.15, 0.2) is 29.0 Å². The number of anilines is 2. The molecular weight excluding hydrogens is 705 g/mol. The summed E-state index contributed by atoms with van der Waals surface area (Å²) in [6.07, 6.45) is 3.48. The second-order valence-corrected chi connectivity index (χ2v) is 17.3. The van der Waals surface area contributed by atoms with E-state index in [1.807, 2.05) is 111 Å². The highest BCUT2D eigenvalue weighted by molar-refractivity contribution is 9.10. The van der Waals surface area contributed by atoms with E-state index < -0.39 is 21.1 Å². The Morgan fingerprint density at radius 3 is 1.20 bits per heavy atom. The standard InChI is InChI=1S/C14H23BN2O3.C12H24B2O4.C8H11BrN2O/c1-9(2)18-12-11(16)7-10(8-17-12)15-19-13(3,4)14(5,6)20-15;1-9(2)10(3,4)16-13(15-9)14-17-11(5,6)12(7,8)18-14;1-5(2)12-8-7(10)3-6(9)4-11-8/h7-9H,16H2,1-6H3;1-8H3;3-5H,10H2,1-2H3. The van der Waals surface area contributed by atoms with Crippen molar-refractivity contribution in [3.05, 3.63) is 29.0 Å². The van der Waals surface area contributed by atoms with Gasteiger partial charge in [0, 0.05) is 22.3 Å². The van der Waals surface area contributed by atoms with Crippen LogP contribution in [0.25, 0.3) is 0 Å². The molecule has 278 valence electrons. The van der Waals surface area contributed by atoms with Crippen molar-refractivity contribution in [1.29, 1.82) is 0 Å². The first-order valence-electron chi connectivity index (χ1n) is 17.2. The molecule has 3 aliphatic rings. The van der Waals surface area contributed by atoms with E-state index in [1.54, 1.807) is 24.5 Å². The zero-order chi connectivity index (χ0) is 38.3. The first-order chi connectivity index (χ1) is 22.6. The SMILES string of the molecule is CC(C)Oc1ncc(B2OC(C)(C)C(C)(C)O2)cc1N.CC(C)Oc1ncc(Br)cc1N.CC1(C)OB(B2OC(C)(C)C(C)(C)O2)OC1(C)C. The molecule has 0 spiro atoms. The summed E-state index contributed by atoms with van der Waals surface area (Å²) < 4.78 is 47.5. The minimum Gasteiger partial charge on any atom is -0.473 e. The van der Waals surface area contributed by atoms with Crippen LogP contribution < -0.4 is 26.4 Å². The van der Waals surface area contributed by atoms with Gasteiger partial charge in [-0.3, -0.25) is 0 Å². The third-order valence-corrected chi connectivity index (χ3v) is 10.2. The molecule has 0 unspecified atom stereocenters. The van der Waals surface area contributed by atoms with Crippen LogP contribution in [0.4, 0.5) is 11.4 Å². The Hall–Kier alpha value is -2.07. The smallest absolute Gasteiger partial charge is 0.473 e. The van der Waals surface area contributed by atoms with Crippen molar-refractivity contribution in [2.45, 2.75) is 157 Å². The summed E-state index contributed by atoms with van der Waals surface area (Å²) in [5.74, 6) is 0.938. The van der Waals surface area contributed by atoms with Crippen molar-refractivity contribution in [3.63, 3.8) is 0 Å². The maximum absolute atomic E-state index is 5.97. The lowest BCUT2D eigenvalue weighted by Gasteiger charge is -2.32. The molecule has 4 N–H and O–H groups in total. The molecule has 0 saturated carbocycles. The molecule has 12 nitrogen and oxygen atoms in total. The first-order valence-corrected chi connectivity index (χ1v) is 18.0. The van der Waals surface area contributed by atoms with Crippen molar-refractivity contribution >= 4 is 53.9 Å². The van der Waals surface area contributed by atoms with Gasteiger partial charge in [-0.25, -0.2) is 9.97 Å². The molecule has 0 bridgehead atoms. The molecule has 5 heterocycles. The number of hydrogen-bond acceptors (Lipinski definition) is 12. The minimum atomic E-state index is -0.476. The first kappa shape index (κ1) is 42.3. The Bertz CT molecular complexity index is 1390. The van der Waals surface area contributed by atoms with Crippen molar-refractivity contribution in [2.24, 2.45) is 0 Å². The van der Waals surface area contributed by atoms with Crippen LogP contribution in [0.1, 0.15) is 111 Å². The number of aromatic nitrogens is 2. The summed E-state index contributed by atoms with van der Waals surface area (Å²) in [5, 5.41) is 0. The average molecular weight is 763 g/mol. The number of rotatable bonds is 6. The molecule has 0 radical (unpaired) electrons. The molecule has 2 aromatic heterocycles. The number of ether oxygens (including phenoxy) is 2. The van der Waals surface area contributed by atoms with Gasteiger partial charge in [0.05, 0.1) is 57.2 Å². The van der Waals surface area contributed by atoms with Crippen LogP contribution in [0.3, 0.4) is 0 Å². The highest BCUT2D eigenvalue weighted by atomic mass is 79.9. The van der Waals surface area contributed by atoms with E-state index in [9.17, 15) is 0 Å². The van der Waals surface area contributed by atoms with Gasteiger partial charge in [-0.2, -0.15) is 0 Å². The zero-order valence-corrected chi connectivity index (χ0v) is 34.5. The number of nitrogens with zero attached hydrogens (tertiary/aromatic N) is 2. The van der Waals surface area contributed by atoms with Gasteiger partial charge in [-0.1, -0.05) is 0 Å².